The van der Waals surface area contributed by atoms with Crippen LogP contribution in [-0.4, -0.2) is 52.7 Å². The molecule has 1 aromatic heterocycles. The number of amides is 1. The van der Waals surface area contributed by atoms with Gasteiger partial charge in [-0.15, -0.1) is 12.4 Å². The fourth-order valence-electron chi connectivity index (χ4n) is 4.18. The largest absolute Gasteiger partial charge is 0.507 e. The molecule has 0 radical (unpaired) electrons. The lowest BCUT2D eigenvalue weighted by Gasteiger charge is -2.28. The van der Waals surface area contributed by atoms with Crippen LogP contribution < -0.4 is 10.1 Å². The van der Waals surface area contributed by atoms with Crippen molar-refractivity contribution in [3.8, 4) is 11.5 Å². The van der Waals surface area contributed by atoms with Crippen LogP contribution in [0.2, 0.25) is 0 Å². The summed E-state index contributed by atoms with van der Waals surface area (Å²) < 4.78 is 5.60. The van der Waals surface area contributed by atoms with E-state index in [2.05, 4.69) is 10.3 Å². The number of carbonyl (C=O) groups is 2. The molecule has 0 saturated heterocycles. The predicted octanol–water partition coefficient (Wildman–Crippen LogP) is 4.59. The van der Waals surface area contributed by atoms with Gasteiger partial charge in [-0.25, -0.2) is 4.98 Å². The van der Waals surface area contributed by atoms with Gasteiger partial charge in [0.15, 0.2) is 17.2 Å². The molecule has 3 rings (SSSR count). The van der Waals surface area contributed by atoms with Crippen molar-refractivity contribution in [2.75, 3.05) is 20.2 Å². The number of halogens is 1. The number of aromatic hydroxyl groups is 1. The molecule has 0 aliphatic carbocycles. The van der Waals surface area contributed by atoms with Gasteiger partial charge in [0, 0.05) is 35.8 Å². The maximum atomic E-state index is 13.4. The zero-order valence-corrected chi connectivity index (χ0v) is 23.1. The zero-order valence-electron chi connectivity index (χ0n) is 22.3. The first-order chi connectivity index (χ1) is 16.2. The molecule has 0 bridgehead atoms. The van der Waals surface area contributed by atoms with E-state index in [1.807, 2.05) is 48.5 Å². The molecule has 1 aliphatic rings. The number of Topliss-reactive ketones (excluding diaryl/α,β-unsaturated/α-hetero) is 1. The van der Waals surface area contributed by atoms with Gasteiger partial charge >= 0.3 is 0 Å². The number of hydrogen-bond acceptors (Lipinski definition) is 6. The van der Waals surface area contributed by atoms with E-state index in [1.54, 1.807) is 23.1 Å². The van der Waals surface area contributed by atoms with Crippen molar-refractivity contribution in [3.63, 3.8) is 0 Å². The van der Waals surface area contributed by atoms with Crippen molar-refractivity contribution >= 4 is 29.9 Å². The lowest BCUT2D eigenvalue weighted by atomic mass is 9.78. The number of ketones is 1. The highest BCUT2D eigenvalue weighted by atomic mass is 35.5. The lowest BCUT2D eigenvalue weighted by molar-refractivity contribution is 0.0949. The van der Waals surface area contributed by atoms with Gasteiger partial charge in [0.25, 0.3) is 5.91 Å². The van der Waals surface area contributed by atoms with Crippen LogP contribution in [0.15, 0.2) is 18.2 Å². The molecule has 196 valence electrons. The molecular formula is C27H37ClN4O4. The minimum atomic E-state index is -0.396. The second-order valence-corrected chi connectivity index (χ2v) is 10.9. The van der Waals surface area contributed by atoms with Crippen molar-refractivity contribution in [3.05, 3.63) is 51.8 Å². The number of nitrogens with one attached hydrogen (secondary N) is 2. The van der Waals surface area contributed by atoms with E-state index in [9.17, 15) is 14.7 Å². The Bertz CT molecular complexity index is 1160. The Labute approximate surface area is 219 Å². The van der Waals surface area contributed by atoms with Gasteiger partial charge in [-0.1, -0.05) is 41.5 Å². The average Bonchev–Trinajstić information content (AvgIpc) is 3.05. The SMILES string of the molecule is CCOc1cc2c(nc1C(=O)NC)C(=N)N(CC(=O)c1cc(C(C)(C)C)c(O)c(C(C)(C)C)c1)C2.Cl. The fourth-order valence-corrected chi connectivity index (χ4v) is 4.18. The van der Waals surface area contributed by atoms with Crippen LogP contribution in [0.5, 0.6) is 11.5 Å². The molecule has 36 heavy (non-hydrogen) atoms. The second-order valence-electron chi connectivity index (χ2n) is 10.9. The second kappa shape index (κ2) is 10.5. The molecule has 0 atom stereocenters. The van der Waals surface area contributed by atoms with Gasteiger partial charge in [0.1, 0.15) is 17.3 Å². The first-order valence-corrected chi connectivity index (χ1v) is 11.8. The number of nitrogens with zero attached hydrogens (tertiary/aromatic N) is 2. The van der Waals surface area contributed by atoms with Gasteiger partial charge in [-0.3, -0.25) is 15.0 Å². The predicted molar refractivity (Wildman–Crippen MR) is 143 cm³/mol. The van der Waals surface area contributed by atoms with E-state index < -0.39 is 5.91 Å². The number of fused-ring (bicyclic) bond motifs is 1. The van der Waals surface area contributed by atoms with Crippen LogP contribution >= 0.6 is 12.4 Å². The van der Waals surface area contributed by atoms with Crippen molar-refractivity contribution in [1.29, 1.82) is 5.41 Å². The smallest absolute Gasteiger partial charge is 0.273 e. The van der Waals surface area contributed by atoms with Crippen molar-refractivity contribution in [2.24, 2.45) is 0 Å². The number of phenols is 1. The zero-order chi connectivity index (χ0) is 26.3. The van der Waals surface area contributed by atoms with E-state index >= 15 is 0 Å². The van der Waals surface area contributed by atoms with E-state index in [1.165, 1.54) is 7.05 Å². The van der Waals surface area contributed by atoms with Crippen LogP contribution in [0.25, 0.3) is 0 Å². The molecule has 1 amide bonds. The first-order valence-electron chi connectivity index (χ1n) is 11.8. The number of ether oxygens (including phenoxy) is 1. The van der Waals surface area contributed by atoms with Crippen molar-refractivity contribution in [2.45, 2.75) is 65.8 Å². The monoisotopic (exact) mass is 516 g/mol. The van der Waals surface area contributed by atoms with Gasteiger partial charge in [0.2, 0.25) is 0 Å². The Morgan fingerprint density at radius 1 is 1.11 bits per heavy atom. The number of phenolic OH excluding ortho intramolecular Hbond substituents is 1. The highest BCUT2D eigenvalue weighted by molar-refractivity contribution is 6.05. The fraction of sp³-hybridized carbons (Fsp3) is 0.481. The molecular weight excluding hydrogens is 480 g/mol. The van der Waals surface area contributed by atoms with Gasteiger partial charge in [-0.2, -0.15) is 0 Å². The van der Waals surface area contributed by atoms with Gasteiger partial charge < -0.3 is 20.1 Å². The number of hydrogen-bond donors (Lipinski definition) is 3. The third-order valence-corrected chi connectivity index (χ3v) is 6.09. The van der Waals surface area contributed by atoms with Crippen LogP contribution in [0.1, 0.15) is 91.7 Å². The van der Waals surface area contributed by atoms with Crippen molar-refractivity contribution in [1.82, 2.24) is 15.2 Å². The number of carbonyl (C=O) groups excluding carboxylic acids is 2. The van der Waals surface area contributed by atoms with Gasteiger partial charge in [-0.05, 0) is 36.0 Å². The maximum Gasteiger partial charge on any atom is 0.273 e. The molecule has 3 N–H and O–H groups in total. The Morgan fingerprint density at radius 3 is 2.14 bits per heavy atom. The summed E-state index contributed by atoms with van der Waals surface area (Å²) in [6.07, 6.45) is 0. The lowest BCUT2D eigenvalue weighted by Crippen LogP contribution is -2.31. The Morgan fingerprint density at radius 2 is 1.67 bits per heavy atom. The normalized spacial score (nSPS) is 13.2. The molecule has 1 aliphatic heterocycles. The summed E-state index contributed by atoms with van der Waals surface area (Å²) >= 11 is 0. The van der Waals surface area contributed by atoms with Crippen LogP contribution in [0.4, 0.5) is 0 Å². The van der Waals surface area contributed by atoms with Crippen LogP contribution in [0, 0.1) is 5.41 Å². The Kier molecular flexibility index (Phi) is 8.46. The number of pyridine rings is 1. The summed E-state index contributed by atoms with van der Waals surface area (Å²) in [7, 11) is 1.51. The highest BCUT2D eigenvalue weighted by Crippen LogP contribution is 2.40. The molecule has 0 spiro atoms. The van der Waals surface area contributed by atoms with E-state index in [4.69, 9.17) is 10.1 Å². The molecule has 1 aromatic carbocycles. The number of benzene rings is 1. The summed E-state index contributed by atoms with van der Waals surface area (Å²) in [4.78, 5) is 31.8. The van der Waals surface area contributed by atoms with Gasteiger partial charge in [0.05, 0.1) is 13.2 Å². The maximum absolute atomic E-state index is 13.4. The molecule has 0 saturated carbocycles. The summed E-state index contributed by atoms with van der Waals surface area (Å²) in [5, 5.41) is 22.1. The third kappa shape index (κ3) is 5.64. The molecule has 0 fully saturated rings. The Hall–Kier alpha value is -3.13. The minimum absolute atomic E-state index is 0. The molecule has 2 heterocycles. The first kappa shape index (κ1) is 29.1. The molecule has 2 aromatic rings. The standard InChI is InChI=1S/C27H36N4O4.ClH/c1-9-35-20-12-16-13-31(24(28)21(16)30-22(20)25(34)29-8)14-19(32)15-10-17(26(2,3)4)23(33)18(11-15)27(5,6)7;/h10-12,28,33H,9,13-14H2,1-8H3,(H,29,34);1H. The topological polar surface area (TPSA) is 116 Å². The average molecular weight is 517 g/mol. The minimum Gasteiger partial charge on any atom is -0.507 e. The van der Waals surface area contributed by atoms with Crippen LogP contribution in [-0.2, 0) is 17.4 Å². The van der Waals surface area contributed by atoms with E-state index in [0.29, 0.717) is 41.3 Å². The highest BCUT2D eigenvalue weighted by Gasteiger charge is 2.32. The quantitative estimate of drug-likeness (QED) is 0.484. The summed E-state index contributed by atoms with van der Waals surface area (Å²) in [6, 6.07) is 5.25. The summed E-state index contributed by atoms with van der Waals surface area (Å²) in [5.41, 5.74) is 2.44. The number of rotatable bonds is 6. The van der Waals surface area contributed by atoms with Crippen LogP contribution in [0.3, 0.4) is 0 Å². The van der Waals surface area contributed by atoms with E-state index in [0.717, 1.165) is 5.56 Å². The summed E-state index contributed by atoms with van der Waals surface area (Å²) in [5.74, 6) is 0.113. The van der Waals surface area contributed by atoms with E-state index in [-0.39, 0.29) is 52.8 Å². The van der Waals surface area contributed by atoms with Crippen molar-refractivity contribution < 1.29 is 19.4 Å². The molecule has 8 nitrogen and oxygen atoms in total. The summed E-state index contributed by atoms with van der Waals surface area (Å²) in [6.45, 7) is 14.5. The molecule has 0 unspecified atom stereocenters. The molecule has 9 heteroatoms. The Balaban J connectivity index is 0.00000456. The number of aromatic nitrogens is 1. The third-order valence-electron chi connectivity index (χ3n) is 6.09. The number of amidine groups is 1.